The molecular weight excluding hydrogens is 474 g/mol. The van der Waals surface area contributed by atoms with Gasteiger partial charge in [0, 0.05) is 37.8 Å². The largest absolute Gasteiger partial charge is 0.388 e. The second-order valence-corrected chi connectivity index (χ2v) is 11.9. The minimum Gasteiger partial charge on any atom is -0.388 e. The topological polar surface area (TPSA) is 107 Å². The van der Waals surface area contributed by atoms with E-state index in [1.807, 2.05) is 37.2 Å². The fourth-order valence-corrected chi connectivity index (χ4v) is 5.43. The van der Waals surface area contributed by atoms with Crippen LogP contribution in [0.3, 0.4) is 0 Å². The first-order valence-corrected chi connectivity index (χ1v) is 14.5. The summed E-state index contributed by atoms with van der Waals surface area (Å²) >= 11 is 0. The number of sulfone groups is 1. The Hall–Kier alpha value is -2.75. The van der Waals surface area contributed by atoms with Gasteiger partial charge in [0.1, 0.15) is 5.82 Å². The van der Waals surface area contributed by atoms with Crippen LogP contribution in [-0.2, 0) is 9.84 Å². The number of rotatable bonds is 10. The molecule has 0 amide bonds. The zero-order valence-electron chi connectivity index (χ0n) is 21.3. The minimum atomic E-state index is -3.22. The van der Waals surface area contributed by atoms with Crippen molar-refractivity contribution in [3.05, 3.63) is 54.1 Å². The van der Waals surface area contributed by atoms with E-state index in [9.17, 15) is 13.5 Å². The SMILES string of the molecule is CN(C)c1nc(N[C@H]2CC[C@@H](NCCCC(O)c3ccc(S(C)(=O)=O)cc3)CC2)nc2ccccc12. The summed E-state index contributed by atoms with van der Waals surface area (Å²) < 4.78 is 23.2. The van der Waals surface area contributed by atoms with Gasteiger partial charge in [0.2, 0.25) is 5.95 Å². The molecule has 8 nitrogen and oxygen atoms in total. The molecule has 1 saturated carbocycles. The number of hydrogen-bond acceptors (Lipinski definition) is 8. The molecule has 1 atom stereocenters. The van der Waals surface area contributed by atoms with Crippen molar-refractivity contribution in [2.24, 2.45) is 0 Å². The molecular formula is C27H37N5O3S. The Morgan fingerprint density at radius 3 is 2.33 bits per heavy atom. The Labute approximate surface area is 214 Å². The zero-order valence-corrected chi connectivity index (χ0v) is 22.1. The average Bonchev–Trinajstić information content (AvgIpc) is 2.86. The van der Waals surface area contributed by atoms with Gasteiger partial charge in [-0.25, -0.2) is 13.4 Å². The lowest BCUT2D eigenvalue weighted by molar-refractivity contribution is 0.163. The van der Waals surface area contributed by atoms with Gasteiger partial charge in [0.15, 0.2) is 9.84 Å². The third-order valence-electron chi connectivity index (χ3n) is 6.85. The lowest BCUT2D eigenvalue weighted by Crippen LogP contribution is -2.37. The molecule has 1 aliphatic rings. The maximum Gasteiger partial charge on any atom is 0.225 e. The molecule has 0 saturated heterocycles. The molecule has 1 aromatic heterocycles. The molecule has 3 aromatic rings. The van der Waals surface area contributed by atoms with Crippen LogP contribution in [0, 0.1) is 0 Å². The van der Waals surface area contributed by atoms with E-state index in [-0.39, 0.29) is 4.90 Å². The van der Waals surface area contributed by atoms with E-state index in [1.54, 1.807) is 24.3 Å². The highest BCUT2D eigenvalue weighted by Gasteiger charge is 2.22. The van der Waals surface area contributed by atoms with Crippen LogP contribution >= 0.6 is 0 Å². The highest BCUT2D eigenvalue weighted by Crippen LogP contribution is 2.26. The Morgan fingerprint density at radius 2 is 1.67 bits per heavy atom. The number of anilines is 2. The molecule has 36 heavy (non-hydrogen) atoms. The predicted octanol–water partition coefficient (Wildman–Crippen LogP) is 3.93. The standard InChI is InChI=1S/C27H37N5O3S/c1-32(2)26-23-7-4-5-8-24(23)30-27(31-26)29-21-14-12-20(13-15-21)28-18-6-9-25(33)19-10-16-22(17-11-19)36(3,34)35/h4-5,7-8,10-11,16-17,20-21,25,28,33H,6,9,12-15,18H2,1-3H3,(H,29,30,31)/t20-,21+,25?. The number of aromatic nitrogens is 2. The summed E-state index contributed by atoms with van der Waals surface area (Å²) in [5.74, 6) is 1.61. The van der Waals surface area contributed by atoms with Crippen LogP contribution in [0.1, 0.15) is 50.2 Å². The van der Waals surface area contributed by atoms with Crippen LogP contribution in [-0.4, -0.2) is 62.5 Å². The number of aliphatic hydroxyl groups is 1. The molecule has 1 aliphatic carbocycles. The molecule has 0 aliphatic heterocycles. The number of nitrogens with one attached hydrogen (secondary N) is 2. The van der Waals surface area contributed by atoms with Crippen molar-refractivity contribution in [2.75, 3.05) is 37.1 Å². The summed E-state index contributed by atoms with van der Waals surface area (Å²) in [6.45, 7) is 0.848. The Morgan fingerprint density at radius 1 is 1.00 bits per heavy atom. The van der Waals surface area contributed by atoms with Crippen LogP contribution in [0.15, 0.2) is 53.4 Å². The van der Waals surface area contributed by atoms with Crippen molar-refractivity contribution in [1.82, 2.24) is 15.3 Å². The van der Waals surface area contributed by atoms with Gasteiger partial charge in [0.05, 0.1) is 16.5 Å². The fourth-order valence-electron chi connectivity index (χ4n) is 4.80. The summed E-state index contributed by atoms with van der Waals surface area (Å²) in [5, 5.41) is 18.7. The van der Waals surface area contributed by atoms with Crippen molar-refractivity contribution >= 4 is 32.5 Å². The molecule has 0 spiro atoms. The van der Waals surface area contributed by atoms with E-state index in [0.29, 0.717) is 24.5 Å². The van der Waals surface area contributed by atoms with E-state index < -0.39 is 15.9 Å². The monoisotopic (exact) mass is 511 g/mol. The number of benzene rings is 2. The second-order valence-electron chi connectivity index (χ2n) is 9.93. The molecule has 1 fully saturated rings. The lowest BCUT2D eigenvalue weighted by atomic mass is 9.91. The molecule has 194 valence electrons. The van der Waals surface area contributed by atoms with Crippen LogP contribution in [0.5, 0.6) is 0 Å². The summed E-state index contributed by atoms with van der Waals surface area (Å²) in [7, 11) is 0.786. The summed E-state index contributed by atoms with van der Waals surface area (Å²) in [4.78, 5) is 11.8. The smallest absolute Gasteiger partial charge is 0.225 e. The molecule has 3 N–H and O–H groups in total. The summed E-state index contributed by atoms with van der Waals surface area (Å²) in [6, 6.07) is 15.4. The predicted molar refractivity (Wildman–Crippen MR) is 145 cm³/mol. The molecule has 1 heterocycles. The first kappa shape index (κ1) is 26.3. The van der Waals surface area contributed by atoms with Crippen LogP contribution in [0.4, 0.5) is 11.8 Å². The summed E-state index contributed by atoms with van der Waals surface area (Å²) in [6.07, 6.45) is 6.37. The quantitative estimate of drug-likeness (QED) is 0.352. The van der Waals surface area contributed by atoms with Gasteiger partial charge in [-0.15, -0.1) is 0 Å². The van der Waals surface area contributed by atoms with Crippen LogP contribution in [0.25, 0.3) is 10.9 Å². The maximum absolute atomic E-state index is 11.6. The first-order valence-electron chi connectivity index (χ1n) is 12.6. The number of nitrogens with zero attached hydrogens (tertiary/aromatic N) is 3. The normalized spacial score (nSPS) is 19.2. The molecule has 9 heteroatoms. The Balaban J connectivity index is 1.20. The van der Waals surface area contributed by atoms with Gasteiger partial charge in [0.25, 0.3) is 0 Å². The van der Waals surface area contributed by atoms with E-state index in [2.05, 4.69) is 16.7 Å². The number of hydrogen-bond donors (Lipinski definition) is 3. The van der Waals surface area contributed by atoms with E-state index in [1.165, 1.54) is 6.26 Å². The number of para-hydroxylation sites is 1. The maximum atomic E-state index is 11.6. The lowest BCUT2D eigenvalue weighted by Gasteiger charge is -2.30. The third kappa shape index (κ3) is 6.72. The molecule has 1 unspecified atom stereocenters. The van der Waals surface area contributed by atoms with Crippen molar-refractivity contribution in [3.8, 4) is 0 Å². The number of fused-ring (bicyclic) bond motifs is 1. The van der Waals surface area contributed by atoms with Gasteiger partial charge in [-0.05, 0) is 74.9 Å². The molecule has 4 rings (SSSR count). The highest BCUT2D eigenvalue weighted by molar-refractivity contribution is 7.90. The van der Waals surface area contributed by atoms with Crippen LogP contribution in [0.2, 0.25) is 0 Å². The number of aliphatic hydroxyl groups excluding tert-OH is 1. The zero-order chi connectivity index (χ0) is 25.7. The minimum absolute atomic E-state index is 0.274. The molecule has 0 radical (unpaired) electrons. The van der Waals surface area contributed by atoms with E-state index in [4.69, 9.17) is 9.97 Å². The third-order valence-corrected chi connectivity index (χ3v) is 7.98. The fraction of sp³-hybridized carbons (Fsp3) is 0.481. The van der Waals surface area contributed by atoms with Gasteiger partial charge in [-0.3, -0.25) is 0 Å². The average molecular weight is 512 g/mol. The molecule has 2 aromatic carbocycles. The van der Waals surface area contributed by atoms with Gasteiger partial charge >= 0.3 is 0 Å². The Bertz CT molecular complexity index is 1260. The van der Waals surface area contributed by atoms with Crippen molar-refractivity contribution in [3.63, 3.8) is 0 Å². The highest BCUT2D eigenvalue weighted by atomic mass is 32.2. The second kappa shape index (κ2) is 11.5. The van der Waals surface area contributed by atoms with Gasteiger partial charge < -0.3 is 20.6 Å². The van der Waals surface area contributed by atoms with E-state index >= 15 is 0 Å². The van der Waals surface area contributed by atoms with Crippen molar-refractivity contribution < 1.29 is 13.5 Å². The van der Waals surface area contributed by atoms with Gasteiger partial charge in [-0.2, -0.15) is 4.98 Å². The van der Waals surface area contributed by atoms with Gasteiger partial charge in [-0.1, -0.05) is 24.3 Å². The van der Waals surface area contributed by atoms with Crippen molar-refractivity contribution in [2.45, 2.75) is 61.6 Å². The van der Waals surface area contributed by atoms with Crippen molar-refractivity contribution in [1.29, 1.82) is 0 Å². The van der Waals surface area contributed by atoms with E-state index in [0.717, 1.165) is 60.9 Å². The molecule has 0 bridgehead atoms. The summed E-state index contributed by atoms with van der Waals surface area (Å²) in [5.41, 5.74) is 1.70. The Kier molecular flexibility index (Phi) is 8.43. The first-order chi connectivity index (χ1) is 17.2. The van der Waals surface area contributed by atoms with Crippen LogP contribution < -0.4 is 15.5 Å².